The number of allylic oxidation sites excluding steroid dienone is 1. The van der Waals surface area contributed by atoms with Crippen LogP contribution in [0.4, 0.5) is 5.69 Å². The molecule has 8 nitrogen and oxygen atoms in total. The van der Waals surface area contributed by atoms with Gasteiger partial charge in [-0.15, -0.1) is 6.58 Å². The van der Waals surface area contributed by atoms with E-state index in [2.05, 4.69) is 11.6 Å². The summed E-state index contributed by atoms with van der Waals surface area (Å²) in [7, 11) is 1.30. The van der Waals surface area contributed by atoms with E-state index in [9.17, 15) is 19.7 Å². The van der Waals surface area contributed by atoms with E-state index in [4.69, 9.17) is 4.74 Å². The van der Waals surface area contributed by atoms with Crippen LogP contribution < -0.4 is 4.80 Å². The lowest BCUT2D eigenvalue weighted by molar-refractivity contribution is -0.384. The summed E-state index contributed by atoms with van der Waals surface area (Å²) in [6.07, 6.45) is 1.66. The van der Waals surface area contributed by atoms with Crippen LogP contribution in [-0.2, 0) is 11.3 Å². The first-order chi connectivity index (χ1) is 13.4. The summed E-state index contributed by atoms with van der Waals surface area (Å²) in [5, 5.41) is 10.9. The Morgan fingerprint density at radius 1 is 1.29 bits per heavy atom. The van der Waals surface area contributed by atoms with Crippen LogP contribution in [-0.4, -0.2) is 28.5 Å². The molecule has 1 heterocycles. The molecule has 0 radical (unpaired) electrons. The van der Waals surface area contributed by atoms with E-state index in [-0.39, 0.29) is 11.3 Å². The van der Waals surface area contributed by atoms with Crippen LogP contribution in [0.2, 0.25) is 0 Å². The zero-order valence-corrected chi connectivity index (χ0v) is 15.6. The first kappa shape index (κ1) is 19.2. The van der Waals surface area contributed by atoms with Crippen molar-refractivity contribution in [3.05, 3.63) is 81.2 Å². The summed E-state index contributed by atoms with van der Waals surface area (Å²) in [4.78, 5) is 39.2. The van der Waals surface area contributed by atoms with Gasteiger partial charge in [-0.2, -0.15) is 4.99 Å². The molecule has 0 saturated heterocycles. The van der Waals surface area contributed by atoms with Gasteiger partial charge in [0.05, 0.1) is 27.8 Å². The predicted octanol–water partition coefficient (Wildman–Crippen LogP) is 3.32. The number of esters is 1. The summed E-state index contributed by atoms with van der Waals surface area (Å²) in [6.45, 7) is 4.12. The number of fused-ring (bicyclic) bond motifs is 1. The number of carbonyl (C=O) groups is 2. The fourth-order valence-corrected chi connectivity index (χ4v) is 3.69. The van der Waals surface area contributed by atoms with Gasteiger partial charge in [0.25, 0.3) is 11.6 Å². The molecular formula is C19H15N3O5S. The number of hydrogen-bond donors (Lipinski definition) is 0. The summed E-state index contributed by atoms with van der Waals surface area (Å²) in [5.41, 5.74) is 1.10. The Hall–Kier alpha value is -3.59. The number of amides is 1. The fraction of sp³-hybridized carbons (Fsp3) is 0.105. The number of aromatic nitrogens is 1. The average molecular weight is 397 g/mol. The minimum absolute atomic E-state index is 0.118. The maximum atomic E-state index is 12.5. The van der Waals surface area contributed by atoms with Crippen molar-refractivity contribution in [1.82, 2.24) is 4.57 Å². The molecule has 1 aromatic heterocycles. The Morgan fingerprint density at radius 2 is 2.07 bits per heavy atom. The minimum atomic E-state index is -0.596. The molecule has 1 amide bonds. The Morgan fingerprint density at radius 3 is 2.75 bits per heavy atom. The van der Waals surface area contributed by atoms with Crippen LogP contribution in [0.3, 0.4) is 0 Å². The molecule has 3 aromatic rings. The molecule has 2 aromatic carbocycles. The molecule has 9 heteroatoms. The second-order valence-corrected chi connectivity index (χ2v) is 6.69. The van der Waals surface area contributed by atoms with Gasteiger partial charge in [0.2, 0.25) is 0 Å². The normalized spacial score (nSPS) is 11.4. The number of nitro benzene ring substituents is 1. The average Bonchev–Trinajstić information content (AvgIpc) is 3.04. The largest absolute Gasteiger partial charge is 0.465 e. The first-order valence-electron chi connectivity index (χ1n) is 8.10. The summed E-state index contributed by atoms with van der Waals surface area (Å²) in [6, 6.07) is 10.5. The zero-order chi connectivity index (χ0) is 20.3. The van der Waals surface area contributed by atoms with Crippen LogP contribution in [0, 0.1) is 10.1 Å². The van der Waals surface area contributed by atoms with Crippen molar-refractivity contribution in [1.29, 1.82) is 0 Å². The number of non-ortho nitro benzene ring substituents is 1. The molecule has 0 bridgehead atoms. The molecular weight excluding hydrogens is 382 g/mol. The van der Waals surface area contributed by atoms with Gasteiger partial charge in [-0.25, -0.2) is 4.79 Å². The van der Waals surface area contributed by atoms with Crippen molar-refractivity contribution in [3.8, 4) is 0 Å². The second-order valence-electron chi connectivity index (χ2n) is 5.68. The first-order valence-corrected chi connectivity index (χ1v) is 8.92. The number of methoxy groups -OCH3 is 1. The number of nitro groups is 1. The van der Waals surface area contributed by atoms with E-state index in [0.29, 0.717) is 16.9 Å². The van der Waals surface area contributed by atoms with Crippen LogP contribution >= 0.6 is 11.3 Å². The van der Waals surface area contributed by atoms with Crippen molar-refractivity contribution in [2.45, 2.75) is 6.54 Å². The molecule has 0 fully saturated rings. The SMILES string of the molecule is C=CCn1c(=NC(=O)c2cccc([N+](=O)[O-])c2)sc2cc(C(=O)OC)ccc21. The number of carbonyl (C=O) groups excluding carboxylic acids is 2. The lowest BCUT2D eigenvalue weighted by Crippen LogP contribution is -2.16. The molecule has 0 unspecified atom stereocenters. The van der Waals surface area contributed by atoms with E-state index in [1.807, 2.05) is 0 Å². The zero-order valence-electron chi connectivity index (χ0n) is 14.8. The minimum Gasteiger partial charge on any atom is -0.465 e. The number of benzene rings is 2. The van der Waals surface area contributed by atoms with Gasteiger partial charge in [0, 0.05) is 24.2 Å². The Balaban J connectivity index is 2.12. The highest BCUT2D eigenvalue weighted by molar-refractivity contribution is 7.16. The summed E-state index contributed by atoms with van der Waals surface area (Å²) in [5.74, 6) is -1.06. The van der Waals surface area contributed by atoms with Gasteiger partial charge in [-0.3, -0.25) is 14.9 Å². The predicted molar refractivity (Wildman–Crippen MR) is 104 cm³/mol. The molecule has 0 spiro atoms. The molecule has 142 valence electrons. The van der Waals surface area contributed by atoms with Crippen molar-refractivity contribution in [2.24, 2.45) is 4.99 Å². The van der Waals surface area contributed by atoms with Gasteiger partial charge < -0.3 is 9.30 Å². The maximum absolute atomic E-state index is 12.5. The van der Waals surface area contributed by atoms with E-state index >= 15 is 0 Å². The summed E-state index contributed by atoms with van der Waals surface area (Å²) >= 11 is 1.23. The third kappa shape index (κ3) is 3.74. The summed E-state index contributed by atoms with van der Waals surface area (Å²) < 4.78 is 7.26. The molecule has 0 aliphatic carbocycles. The molecule has 3 rings (SSSR count). The molecule has 0 aliphatic rings. The molecule has 0 N–H and O–H groups in total. The highest BCUT2D eigenvalue weighted by Gasteiger charge is 2.14. The monoisotopic (exact) mass is 397 g/mol. The Bertz CT molecular complexity index is 1180. The van der Waals surface area contributed by atoms with Crippen LogP contribution in [0.25, 0.3) is 10.2 Å². The second kappa shape index (κ2) is 7.97. The third-order valence-electron chi connectivity index (χ3n) is 3.92. The van der Waals surface area contributed by atoms with Crippen LogP contribution in [0.15, 0.2) is 60.1 Å². The van der Waals surface area contributed by atoms with E-state index < -0.39 is 16.8 Å². The van der Waals surface area contributed by atoms with Gasteiger partial charge >= 0.3 is 5.97 Å². The standard InChI is InChI=1S/C19H15N3O5S/c1-3-9-21-15-8-7-13(18(24)27-2)11-16(15)28-19(21)20-17(23)12-5-4-6-14(10-12)22(25)26/h3-8,10-11H,1,9H2,2H3. The van der Waals surface area contributed by atoms with Crippen LogP contribution in [0.1, 0.15) is 20.7 Å². The lowest BCUT2D eigenvalue weighted by atomic mass is 10.2. The van der Waals surface area contributed by atoms with Gasteiger partial charge in [0.1, 0.15) is 0 Å². The molecule has 0 aliphatic heterocycles. The number of rotatable bonds is 5. The van der Waals surface area contributed by atoms with Crippen molar-refractivity contribution >= 4 is 39.1 Å². The fourth-order valence-electron chi connectivity index (χ4n) is 2.61. The third-order valence-corrected chi connectivity index (χ3v) is 4.96. The molecule has 0 saturated carbocycles. The molecule has 28 heavy (non-hydrogen) atoms. The number of hydrogen-bond acceptors (Lipinski definition) is 6. The van der Waals surface area contributed by atoms with Crippen molar-refractivity contribution in [2.75, 3.05) is 7.11 Å². The number of ether oxygens (including phenoxy) is 1. The Labute approximate surface area is 163 Å². The van der Waals surface area contributed by atoms with E-state index in [0.717, 1.165) is 10.2 Å². The van der Waals surface area contributed by atoms with Gasteiger partial charge in [0.15, 0.2) is 4.80 Å². The molecule has 0 atom stereocenters. The quantitative estimate of drug-likeness (QED) is 0.284. The van der Waals surface area contributed by atoms with Gasteiger partial charge in [-0.05, 0) is 24.3 Å². The van der Waals surface area contributed by atoms with Crippen molar-refractivity contribution < 1.29 is 19.2 Å². The van der Waals surface area contributed by atoms with Crippen molar-refractivity contribution in [3.63, 3.8) is 0 Å². The topological polar surface area (TPSA) is 104 Å². The van der Waals surface area contributed by atoms with Gasteiger partial charge in [-0.1, -0.05) is 23.5 Å². The van der Waals surface area contributed by atoms with E-state index in [1.165, 1.54) is 42.7 Å². The highest BCUT2D eigenvalue weighted by atomic mass is 32.1. The number of nitrogens with zero attached hydrogens (tertiary/aromatic N) is 3. The van der Waals surface area contributed by atoms with Crippen LogP contribution in [0.5, 0.6) is 0 Å². The van der Waals surface area contributed by atoms with E-state index in [1.54, 1.807) is 28.8 Å². The maximum Gasteiger partial charge on any atom is 0.337 e. The number of thiazole rings is 1. The lowest BCUT2D eigenvalue weighted by Gasteiger charge is -2.02. The Kier molecular flexibility index (Phi) is 5.46. The highest BCUT2D eigenvalue weighted by Crippen LogP contribution is 2.20. The smallest absolute Gasteiger partial charge is 0.337 e.